The molecule has 82 valence electrons. The minimum absolute atomic E-state index is 0.182. The summed E-state index contributed by atoms with van der Waals surface area (Å²) in [5, 5.41) is 0.363. The van der Waals surface area contributed by atoms with Gasteiger partial charge in [0, 0.05) is 0 Å². The lowest BCUT2D eigenvalue weighted by Crippen LogP contribution is -1.94. The van der Waals surface area contributed by atoms with Gasteiger partial charge in [-0.2, -0.15) is 0 Å². The molecule has 3 nitrogen and oxygen atoms in total. The van der Waals surface area contributed by atoms with Crippen molar-refractivity contribution in [2.75, 3.05) is 0 Å². The smallest absolute Gasteiger partial charge is 0.181 e. The Balaban J connectivity index is 2.52. The molecule has 2 heterocycles. The second-order valence-electron chi connectivity index (χ2n) is 2.80. The SMILES string of the molecule is Fc1ccc(-c2nc(Cl)c(Br)c(Cl)n2)nc1. The van der Waals surface area contributed by atoms with Crippen molar-refractivity contribution >= 4 is 39.1 Å². The second-order valence-corrected chi connectivity index (χ2v) is 4.31. The maximum absolute atomic E-state index is 12.7. The van der Waals surface area contributed by atoms with Crippen LogP contribution < -0.4 is 0 Å². The molecule has 0 N–H and O–H groups in total. The average molecular weight is 323 g/mol. The van der Waals surface area contributed by atoms with Crippen LogP contribution >= 0.6 is 39.1 Å². The van der Waals surface area contributed by atoms with Gasteiger partial charge in [0.05, 0.1) is 10.7 Å². The molecule has 7 heteroatoms. The van der Waals surface area contributed by atoms with Gasteiger partial charge in [0.2, 0.25) is 0 Å². The number of hydrogen-bond acceptors (Lipinski definition) is 3. The molecule has 0 aromatic carbocycles. The van der Waals surface area contributed by atoms with Gasteiger partial charge in [0.1, 0.15) is 21.8 Å². The van der Waals surface area contributed by atoms with Crippen molar-refractivity contribution in [1.82, 2.24) is 15.0 Å². The lowest BCUT2D eigenvalue weighted by Gasteiger charge is -2.02. The summed E-state index contributed by atoms with van der Waals surface area (Å²) in [6.45, 7) is 0. The Kier molecular flexibility index (Phi) is 3.37. The monoisotopic (exact) mass is 321 g/mol. The van der Waals surface area contributed by atoms with Crippen molar-refractivity contribution in [3.8, 4) is 11.5 Å². The third-order valence-electron chi connectivity index (χ3n) is 1.73. The molecule has 0 bridgehead atoms. The molecule has 0 aliphatic rings. The Morgan fingerprint density at radius 1 is 1.12 bits per heavy atom. The quantitative estimate of drug-likeness (QED) is 0.751. The Morgan fingerprint density at radius 2 is 1.75 bits per heavy atom. The van der Waals surface area contributed by atoms with Crippen LogP contribution in [0.5, 0.6) is 0 Å². The molecule has 2 rings (SSSR count). The first-order chi connectivity index (χ1) is 7.58. The van der Waals surface area contributed by atoms with Gasteiger partial charge in [-0.05, 0) is 28.1 Å². The fourth-order valence-electron chi connectivity index (χ4n) is 1.02. The third-order valence-corrected chi connectivity index (χ3v) is 3.48. The van der Waals surface area contributed by atoms with E-state index in [-0.39, 0.29) is 16.1 Å². The molecule has 2 aromatic heterocycles. The van der Waals surface area contributed by atoms with Crippen molar-refractivity contribution < 1.29 is 4.39 Å². The van der Waals surface area contributed by atoms with Crippen LogP contribution in [0.15, 0.2) is 22.8 Å². The predicted octanol–water partition coefficient (Wildman–Crippen LogP) is 3.75. The van der Waals surface area contributed by atoms with Crippen molar-refractivity contribution in [2.24, 2.45) is 0 Å². The van der Waals surface area contributed by atoms with E-state index in [2.05, 4.69) is 30.9 Å². The molecule has 0 radical (unpaired) electrons. The second kappa shape index (κ2) is 4.61. The lowest BCUT2D eigenvalue weighted by atomic mass is 10.3. The van der Waals surface area contributed by atoms with Gasteiger partial charge < -0.3 is 0 Å². The van der Waals surface area contributed by atoms with Gasteiger partial charge in [-0.15, -0.1) is 0 Å². The first-order valence-electron chi connectivity index (χ1n) is 4.08. The van der Waals surface area contributed by atoms with Crippen molar-refractivity contribution in [3.05, 3.63) is 38.9 Å². The highest BCUT2D eigenvalue weighted by Gasteiger charge is 2.11. The number of pyridine rings is 1. The minimum Gasteiger partial charge on any atom is -0.250 e. The molecule has 2 aromatic rings. The van der Waals surface area contributed by atoms with E-state index in [0.717, 1.165) is 6.20 Å². The van der Waals surface area contributed by atoms with E-state index in [4.69, 9.17) is 23.2 Å². The largest absolute Gasteiger partial charge is 0.250 e. The molecule has 0 amide bonds. The highest BCUT2D eigenvalue weighted by atomic mass is 79.9. The van der Waals surface area contributed by atoms with Gasteiger partial charge in [0.25, 0.3) is 0 Å². The minimum atomic E-state index is -0.432. The number of rotatable bonds is 1. The molecular formula is C9H3BrCl2FN3. The summed E-state index contributed by atoms with van der Waals surface area (Å²) in [5.41, 5.74) is 0.401. The molecule has 0 saturated heterocycles. The fraction of sp³-hybridized carbons (Fsp3) is 0. The maximum atomic E-state index is 12.7. The summed E-state index contributed by atoms with van der Waals surface area (Å²) in [4.78, 5) is 11.8. The summed E-state index contributed by atoms with van der Waals surface area (Å²) < 4.78 is 13.1. The molecule has 0 unspecified atom stereocenters. The molecule has 0 aliphatic heterocycles. The van der Waals surface area contributed by atoms with Crippen LogP contribution in [0.3, 0.4) is 0 Å². The van der Waals surface area contributed by atoms with E-state index >= 15 is 0 Å². The zero-order valence-corrected chi connectivity index (χ0v) is 10.7. The molecular weight excluding hydrogens is 320 g/mol. The molecule has 0 atom stereocenters. The maximum Gasteiger partial charge on any atom is 0.181 e. The van der Waals surface area contributed by atoms with E-state index in [1.165, 1.54) is 12.1 Å². The average Bonchev–Trinajstić information content (AvgIpc) is 2.26. The summed E-state index contributed by atoms with van der Waals surface area (Å²) in [7, 11) is 0. The lowest BCUT2D eigenvalue weighted by molar-refractivity contribution is 0.621. The van der Waals surface area contributed by atoms with Crippen LogP contribution in [0.25, 0.3) is 11.5 Å². The number of halogens is 4. The molecule has 0 saturated carbocycles. The van der Waals surface area contributed by atoms with Gasteiger partial charge in [0.15, 0.2) is 5.82 Å². The predicted molar refractivity (Wildman–Crippen MR) is 62.9 cm³/mol. The summed E-state index contributed by atoms with van der Waals surface area (Å²) in [5.74, 6) is -0.184. The normalized spacial score (nSPS) is 10.5. The van der Waals surface area contributed by atoms with Gasteiger partial charge in [-0.1, -0.05) is 23.2 Å². The van der Waals surface area contributed by atoms with Crippen LogP contribution in [0.4, 0.5) is 4.39 Å². The fourth-order valence-corrected chi connectivity index (χ4v) is 1.58. The highest BCUT2D eigenvalue weighted by Crippen LogP contribution is 2.29. The zero-order chi connectivity index (χ0) is 11.7. The van der Waals surface area contributed by atoms with Crippen molar-refractivity contribution in [1.29, 1.82) is 0 Å². The molecule has 0 fully saturated rings. The van der Waals surface area contributed by atoms with Gasteiger partial charge in [-0.3, -0.25) is 0 Å². The van der Waals surface area contributed by atoms with Crippen molar-refractivity contribution in [3.63, 3.8) is 0 Å². The number of hydrogen-bond donors (Lipinski definition) is 0. The topological polar surface area (TPSA) is 38.7 Å². The molecule has 0 spiro atoms. The van der Waals surface area contributed by atoms with E-state index in [1.54, 1.807) is 0 Å². The Bertz CT molecular complexity index is 510. The highest BCUT2D eigenvalue weighted by molar-refractivity contribution is 9.10. The van der Waals surface area contributed by atoms with Crippen LogP contribution in [0, 0.1) is 5.82 Å². The third kappa shape index (κ3) is 2.31. The van der Waals surface area contributed by atoms with Crippen LogP contribution in [0.1, 0.15) is 0 Å². The number of aromatic nitrogens is 3. The van der Waals surface area contributed by atoms with Crippen LogP contribution in [-0.4, -0.2) is 15.0 Å². The van der Waals surface area contributed by atoms with Gasteiger partial charge in [-0.25, -0.2) is 19.3 Å². The molecule has 16 heavy (non-hydrogen) atoms. The Hall–Kier alpha value is -0.780. The standard InChI is InChI=1S/C9H3BrCl2FN3/c10-6-7(11)15-9(16-8(6)12)5-2-1-4(13)3-14-5/h1-3H. The summed E-state index contributed by atoms with van der Waals surface area (Å²) in [6.07, 6.45) is 1.07. The van der Waals surface area contributed by atoms with Crippen LogP contribution in [0.2, 0.25) is 10.3 Å². The van der Waals surface area contributed by atoms with E-state index in [1.807, 2.05) is 0 Å². The first kappa shape index (κ1) is 11.7. The Morgan fingerprint density at radius 3 is 2.25 bits per heavy atom. The van der Waals surface area contributed by atoms with E-state index < -0.39 is 5.82 Å². The zero-order valence-electron chi connectivity index (χ0n) is 7.59. The summed E-state index contributed by atoms with van der Waals surface area (Å²) >= 11 is 14.8. The van der Waals surface area contributed by atoms with Gasteiger partial charge >= 0.3 is 0 Å². The van der Waals surface area contributed by atoms with Crippen molar-refractivity contribution in [2.45, 2.75) is 0 Å². The summed E-state index contributed by atoms with van der Waals surface area (Å²) in [6, 6.07) is 2.71. The Labute approximate surface area is 109 Å². The molecule has 0 aliphatic carbocycles. The van der Waals surface area contributed by atoms with E-state index in [0.29, 0.717) is 10.2 Å². The number of nitrogens with zero attached hydrogens (tertiary/aromatic N) is 3. The van der Waals surface area contributed by atoms with E-state index in [9.17, 15) is 4.39 Å². The van der Waals surface area contributed by atoms with Crippen LogP contribution in [-0.2, 0) is 0 Å². The first-order valence-corrected chi connectivity index (χ1v) is 5.63.